The first kappa shape index (κ1) is 19.4. The molecule has 0 spiro atoms. The smallest absolute Gasteiger partial charge is 0.251 e. The van der Waals surface area contributed by atoms with E-state index in [1.54, 1.807) is 39.0 Å². The zero-order chi connectivity index (χ0) is 19.0. The number of hydrogen-bond donors (Lipinski definition) is 2. The third-order valence-electron chi connectivity index (χ3n) is 4.79. The van der Waals surface area contributed by atoms with Gasteiger partial charge in [0.2, 0.25) is 5.91 Å². The van der Waals surface area contributed by atoms with E-state index >= 15 is 0 Å². The highest BCUT2D eigenvalue weighted by Crippen LogP contribution is 2.37. The Labute approximate surface area is 149 Å². The second-order valence-corrected chi connectivity index (χ2v) is 10.1. The molecule has 1 aliphatic rings. The third kappa shape index (κ3) is 3.86. The summed E-state index contributed by atoms with van der Waals surface area (Å²) in [6.07, 6.45) is 0.328. The molecule has 25 heavy (non-hydrogen) atoms. The lowest BCUT2D eigenvalue weighted by molar-refractivity contribution is -0.120. The number of hydrogen-bond acceptors (Lipinski definition) is 4. The maximum absolute atomic E-state index is 12.5. The van der Waals surface area contributed by atoms with E-state index in [2.05, 4.69) is 10.6 Å². The zero-order valence-corrected chi connectivity index (χ0v) is 16.2. The van der Waals surface area contributed by atoms with Gasteiger partial charge < -0.3 is 10.6 Å². The van der Waals surface area contributed by atoms with Crippen molar-refractivity contribution in [2.24, 2.45) is 5.92 Å². The van der Waals surface area contributed by atoms with Crippen molar-refractivity contribution in [3.63, 3.8) is 0 Å². The predicted octanol–water partition coefficient (Wildman–Crippen LogP) is 2.29. The molecule has 0 aromatic heterocycles. The summed E-state index contributed by atoms with van der Waals surface area (Å²) in [7, 11) is -3.26. The van der Waals surface area contributed by atoms with Gasteiger partial charge in [0.15, 0.2) is 9.84 Å². The summed E-state index contributed by atoms with van der Waals surface area (Å²) in [6, 6.07) is 5.09. The molecule has 2 N–H and O–H groups in total. The summed E-state index contributed by atoms with van der Waals surface area (Å²) in [5, 5.41) is 5.62. The van der Waals surface area contributed by atoms with Crippen molar-refractivity contribution >= 4 is 27.3 Å². The maximum Gasteiger partial charge on any atom is 0.251 e. The number of sulfone groups is 1. The normalized spacial score (nSPS) is 21.1. The Balaban J connectivity index is 2.15. The number of anilines is 1. The first-order valence-corrected chi connectivity index (χ1v) is 10.1. The van der Waals surface area contributed by atoms with E-state index in [0.717, 1.165) is 5.56 Å². The molecule has 1 saturated heterocycles. The van der Waals surface area contributed by atoms with Crippen molar-refractivity contribution in [3.8, 4) is 0 Å². The number of carbonyl (C=O) groups excluding carboxylic acids is 2. The first-order chi connectivity index (χ1) is 11.5. The van der Waals surface area contributed by atoms with Crippen LogP contribution >= 0.6 is 0 Å². The average Bonchev–Trinajstić information content (AvgIpc) is 2.67. The van der Waals surface area contributed by atoms with Gasteiger partial charge in [-0.25, -0.2) is 8.42 Å². The zero-order valence-electron chi connectivity index (χ0n) is 15.3. The van der Waals surface area contributed by atoms with Gasteiger partial charge >= 0.3 is 0 Å². The molecule has 6 nitrogen and oxygen atoms in total. The van der Waals surface area contributed by atoms with Gasteiger partial charge in [0.05, 0.1) is 16.4 Å². The van der Waals surface area contributed by atoms with Crippen LogP contribution < -0.4 is 10.6 Å². The van der Waals surface area contributed by atoms with Crippen molar-refractivity contribution in [1.29, 1.82) is 0 Å². The number of amides is 2. The second kappa shape index (κ2) is 6.78. The van der Waals surface area contributed by atoms with Gasteiger partial charge in [-0.15, -0.1) is 0 Å². The third-order valence-corrected chi connectivity index (χ3v) is 7.45. The van der Waals surface area contributed by atoms with E-state index in [4.69, 9.17) is 0 Å². The Morgan fingerprint density at radius 1 is 1.24 bits per heavy atom. The highest BCUT2D eigenvalue weighted by atomic mass is 32.2. The van der Waals surface area contributed by atoms with Crippen LogP contribution in [-0.4, -0.2) is 36.8 Å². The quantitative estimate of drug-likeness (QED) is 0.855. The Bertz CT molecular complexity index is 797. The van der Waals surface area contributed by atoms with Gasteiger partial charge in [-0.3, -0.25) is 9.59 Å². The number of nitrogens with one attached hydrogen (secondary N) is 2. The molecule has 1 aromatic rings. The maximum atomic E-state index is 12.5. The molecule has 1 heterocycles. The van der Waals surface area contributed by atoms with E-state index in [1.165, 1.54) is 0 Å². The number of carbonyl (C=O) groups is 2. The summed E-state index contributed by atoms with van der Waals surface area (Å²) >= 11 is 0. The number of rotatable bonds is 4. The largest absolute Gasteiger partial charge is 0.350 e. The summed E-state index contributed by atoms with van der Waals surface area (Å²) in [6.45, 7) is 8.78. The van der Waals surface area contributed by atoms with Gasteiger partial charge in [-0.2, -0.15) is 0 Å². The molecule has 7 heteroatoms. The lowest BCUT2D eigenvalue weighted by Crippen LogP contribution is -2.40. The fourth-order valence-corrected chi connectivity index (χ4v) is 4.84. The van der Waals surface area contributed by atoms with Crippen LogP contribution in [0.2, 0.25) is 0 Å². The molecular formula is C18H26N2O4S. The average molecular weight is 366 g/mol. The van der Waals surface area contributed by atoms with Crippen molar-refractivity contribution in [3.05, 3.63) is 29.3 Å². The van der Waals surface area contributed by atoms with Gasteiger partial charge in [0, 0.05) is 17.3 Å². The Kier molecular flexibility index (Phi) is 5.27. The minimum Gasteiger partial charge on any atom is -0.350 e. The van der Waals surface area contributed by atoms with Crippen LogP contribution in [0.5, 0.6) is 0 Å². The molecule has 1 aliphatic heterocycles. The summed E-state index contributed by atoms with van der Waals surface area (Å²) in [5.74, 6) is -1.01. The van der Waals surface area contributed by atoms with E-state index in [-0.39, 0.29) is 23.6 Å². The highest BCUT2D eigenvalue weighted by Gasteiger charge is 2.50. The summed E-state index contributed by atoms with van der Waals surface area (Å²) in [4.78, 5) is 24.6. The molecule has 0 radical (unpaired) electrons. The minimum absolute atomic E-state index is 0.0332. The topological polar surface area (TPSA) is 92.3 Å². The predicted molar refractivity (Wildman–Crippen MR) is 98.4 cm³/mol. The number of benzene rings is 1. The van der Waals surface area contributed by atoms with Crippen LogP contribution in [-0.2, 0) is 14.6 Å². The monoisotopic (exact) mass is 366 g/mol. The second-order valence-electron chi connectivity index (χ2n) is 7.41. The SMILES string of the molecule is Cc1cc(NC(=O)C2CCS(=O)(=O)C2(C)C)ccc1C(=O)NC(C)C. The van der Waals surface area contributed by atoms with E-state index in [9.17, 15) is 18.0 Å². The lowest BCUT2D eigenvalue weighted by Gasteiger charge is -2.24. The van der Waals surface area contributed by atoms with Crippen LogP contribution in [0.25, 0.3) is 0 Å². The molecule has 1 fully saturated rings. The molecule has 2 amide bonds. The van der Waals surface area contributed by atoms with Crippen LogP contribution in [0.15, 0.2) is 18.2 Å². The molecule has 0 bridgehead atoms. The molecule has 0 aliphatic carbocycles. The molecule has 138 valence electrons. The molecule has 1 unspecified atom stereocenters. The van der Waals surface area contributed by atoms with Crippen molar-refractivity contribution in [2.75, 3.05) is 11.1 Å². The Morgan fingerprint density at radius 2 is 1.88 bits per heavy atom. The van der Waals surface area contributed by atoms with Gasteiger partial charge in [0.25, 0.3) is 5.91 Å². The molecule has 1 atom stereocenters. The van der Waals surface area contributed by atoms with Crippen LogP contribution in [0.1, 0.15) is 50.0 Å². The summed E-state index contributed by atoms with van der Waals surface area (Å²) < 4.78 is 23.1. The molecule has 2 rings (SSSR count). The van der Waals surface area contributed by atoms with Gasteiger partial charge in [-0.05, 0) is 64.8 Å². The first-order valence-electron chi connectivity index (χ1n) is 8.40. The van der Waals surface area contributed by atoms with Gasteiger partial charge in [0.1, 0.15) is 0 Å². The minimum atomic E-state index is -3.26. The molecule has 0 saturated carbocycles. The van der Waals surface area contributed by atoms with Gasteiger partial charge in [-0.1, -0.05) is 0 Å². The molecule has 1 aromatic carbocycles. The van der Waals surface area contributed by atoms with Crippen LogP contribution in [0, 0.1) is 12.8 Å². The summed E-state index contributed by atoms with van der Waals surface area (Å²) in [5.41, 5.74) is 1.86. The highest BCUT2D eigenvalue weighted by molar-refractivity contribution is 7.93. The lowest BCUT2D eigenvalue weighted by atomic mass is 9.92. The van der Waals surface area contributed by atoms with E-state index < -0.39 is 20.5 Å². The van der Waals surface area contributed by atoms with Crippen LogP contribution in [0.3, 0.4) is 0 Å². The fourth-order valence-electron chi connectivity index (χ4n) is 3.11. The number of aryl methyl sites for hydroxylation is 1. The fraction of sp³-hybridized carbons (Fsp3) is 0.556. The Hall–Kier alpha value is -1.89. The van der Waals surface area contributed by atoms with Crippen molar-refractivity contribution < 1.29 is 18.0 Å². The standard InChI is InChI=1S/C18H26N2O4S/c1-11(2)19-16(21)14-7-6-13(10-12(14)3)20-17(22)15-8-9-25(23,24)18(15,4)5/h6-7,10-11,15H,8-9H2,1-5H3,(H,19,21)(H,20,22). The van der Waals surface area contributed by atoms with Crippen molar-refractivity contribution in [2.45, 2.75) is 51.8 Å². The van der Waals surface area contributed by atoms with Crippen molar-refractivity contribution in [1.82, 2.24) is 5.32 Å². The molecular weight excluding hydrogens is 340 g/mol. The Morgan fingerprint density at radius 3 is 2.36 bits per heavy atom. The van der Waals surface area contributed by atoms with Crippen LogP contribution in [0.4, 0.5) is 5.69 Å². The van der Waals surface area contributed by atoms with E-state index in [0.29, 0.717) is 17.7 Å². The van der Waals surface area contributed by atoms with E-state index in [1.807, 2.05) is 13.8 Å².